The van der Waals surface area contributed by atoms with Crippen LogP contribution in [-0.2, 0) is 9.53 Å². The fourth-order valence-electron chi connectivity index (χ4n) is 1.43. The standard InChI is InChI=1S/C12H16O6/c1-3-18-12(16)11(15)10(14)8-5-4-7(17-2)6-9(8)13/h4-6,10-11,13-15H,3H2,1-2H3. The first-order valence-electron chi connectivity index (χ1n) is 5.41. The van der Waals surface area contributed by atoms with E-state index in [0.717, 1.165) is 0 Å². The van der Waals surface area contributed by atoms with E-state index in [2.05, 4.69) is 4.74 Å². The first-order chi connectivity index (χ1) is 8.51. The third-order valence-corrected chi connectivity index (χ3v) is 2.38. The van der Waals surface area contributed by atoms with Gasteiger partial charge in [-0.05, 0) is 19.1 Å². The molecule has 1 aromatic rings. The number of hydrogen-bond acceptors (Lipinski definition) is 6. The molecule has 0 saturated carbocycles. The van der Waals surface area contributed by atoms with E-state index < -0.39 is 18.2 Å². The highest BCUT2D eigenvalue weighted by molar-refractivity contribution is 5.75. The van der Waals surface area contributed by atoms with Crippen molar-refractivity contribution in [3.63, 3.8) is 0 Å². The van der Waals surface area contributed by atoms with E-state index in [1.165, 1.54) is 25.3 Å². The van der Waals surface area contributed by atoms with Crippen molar-refractivity contribution in [2.45, 2.75) is 19.1 Å². The Kier molecular flexibility index (Phi) is 4.94. The number of phenols is 1. The third kappa shape index (κ3) is 3.12. The topological polar surface area (TPSA) is 96.2 Å². The molecule has 6 heteroatoms. The lowest BCUT2D eigenvalue weighted by molar-refractivity contribution is -0.159. The maximum absolute atomic E-state index is 11.3. The van der Waals surface area contributed by atoms with Crippen LogP contribution >= 0.6 is 0 Å². The van der Waals surface area contributed by atoms with Gasteiger partial charge in [0.25, 0.3) is 0 Å². The van der Waals surface area contributed by atoms with Crippen LogP contribution < -0.4 is 4.74 Å². The van der Waals surface area contributed by atoms with Crippen molar-refractivity contribution in [1.29, 1.82) is 0 Å². The van der Waals surface area contributed by atoms with Crippen molar-refractivity contribution in [3.05, 3.63) is 23.8 Å². The largest absolute Gasteiger partial charge is 0.507 e. The van der Waals surface area contributed by atoms with Crippen LogP contribution in [0.25, 0.3) is 0 Å². The maximum Gasteiger partial charge on any atom is 0.338 e. The van der Waals surface area contributed by atoms with Gasteiger partial charge in [-0.1, -0.05) is 0 Å². The zero-order valence-corrected chi connectivity index (χ0v) is 10.2. The Labute approximate surface area is 104 Å². The van der Waals surface area contributed by atoms with Gasteiger partial charge in [0.2, 0.25) is 0 Å². The van der Waals surface area contributed by atoms with Crippen molar-refractivity contribution >= 4 is 5.97 Å². The average Bonchev–Trinajstić information content (AvgIpc) is 2.37. The number of phenolic OH excluding ortho intramolecular Hbond substituents is 1. The van der Waals surface area contributed by atoms with Crippen molar-refractivity contribution in [3.8, 4) is 11.5 Å². The SMILES string of the molecule is CCOC(=O)C(O)C(O)c1ccc(OC)cc1O. The van der Waals surface area contributed by atoms with Gasteiger partial charge in [-0.2, -0.15) is 0 Å². The first-order valence-corrected chi connectivity index (χ1v) is 5.41. The van der Waals surface area contributed by atoms with Gasteiger partial charge in [0.15, 0.2) is 6.10 Å². The molecule has 0 amide bonds. The number of benzene rings is 1. The van der Waals surface area contributed by atoms with E-state index in [4.69, 9.17) is 4.74 Å². The van der Waals surface area contributed by atoms with Crippen molar-refractivity contribution in [1.82, 2.24) is 0 Å². The molecule has 0 heterocycles. The molecule has 100 valence electrons. The molecule has 0 radical (unpaired) electrons. The molecule has 0 aliphatic carbocycles. The number of methoxy groups -OCH3 is 1. The van der Waals surface area contributed by atoms with Crippen LogP contribution in [0.15, 0.2) is 18.2 Å². The van der Waals surface area contributed by atoms with Crippen LogP contribution in [0.3, 0.4) is 0 Å². The van der Waals surface area contributed by atoms with E-state index in [9.17, 15) is 20.1 Å². The van der Waals surface area contributed by atoms with Crippen LogP contribution in [-0.4, -0.2) is 41.1 Å². The van der Waals surface area contributed by atoms with E-state index in [1.54, 1.807) is 6.92 Å². The molecule has 18 heavy (non-hydrogen) atoms. The maximum atomic E-state index is 11.3. The van der Waals surface area contributed by atoms with Gasteiger partial charge in [-0.15, -0.1) is 0 Å². The number of esters is 1. The number of aromatic hydroxyl groups is 1. The minimum Gasteiger partial charge on any atom is -0.507 e. The number of aliphatic hydroxyl groups excluding tert-OH is 2. The molecule has 0 bridgehead atoms. The van der Waals surface area contributed by atoms with Gasteiger partial charge in [0.05, 0.1) is 13.7 Å². The smallest absolute Gasteiger partial charge is 0.338 e. The molecule has 6 nitrogen and oxygen atoms in total. The summed E-state index contributed by atoms with van der Waals surface area (Å²) in [6.07, 6.45) is -3.31. The molecular formula is C12H16O6. The summed E-state index contributed by atoms with van der Waals surface area (Å²) in [6, 6.07) is 4.13. The fraction of sp³-hybridized carbons (Fsp3) is 0.417. The molecule has 0 saturated heterocycles. The number of carbonyl (C=O) groups excluding carboxylic acids is 1. The molecule has 0 fully saturated rings. The zero-order chi connectivity index (χ0) is 13.7. The Balaban J connectivity index is 2.89. The number of rotatable bonds is 5. The summed E-state index contributed by atoms with van der Waals surface area (Å²) in [7, 11) is 1.43. The summed E-state index contributed by atoms with van der Waals surface area (Å²) >= 11 is 0. The number of ether oxygens (including phenoxy) is 2. The molecule has 0 aliphatic heterocycles. The van der Waals surface area contributed by atoms with Gasteiger partial charge in [-0.3, -0.25) is 0 Å². The third-order valence-electron chi connectivity index (χ3n) is 2.38. The second kappa shape index (κ2) is 6.23. The van der Waals surface area contributed by atoms with Crippen LogP contribution in [0.5, 0.6) is 11.5 Å². The second-order valence-corrected chi connectivity index (χ2v) is 3.57. The average molecular weight is 256 g/mol. The lowest BCUT2D eigenvalue weighted by atomic mass is 10.0. The monoisotopic (exact) mass is 256 g/mol. The highest BCUT2D eigenvalue weighted by Crippen LogP contribution is 2.30. The van der Waals surface area contributed by atoms with Crippen LogP contribution in [0, 0.1) is 0 Å². The second-order valence-electron chi connectivity index (χ2n) is 3.57. The molecule has 0 aliphatic rings. The minimum atomic E-state index is -1.75. The summed E-state index contributed by atoms with van der Waals surface area (Å²) in [5.41, 5.74) is 0.0244. The highest BCUT2D eigenvalue weighted by atomic mass is 16.5. The summed E-state index contributed by atoms with van der Waals surface area (Å²) in [4.78, 5) is 11.3. The molecule has 0 spiro atoms. The number of hydrogen-bond donors (Lipinski definition) is 3. The van der Waals surface area contributed by atoms with E-state index >= 15 is 0 Å². The molecule has 1 rings (SSSR count). The van der Waals surface area contributed by atoms with Crippen LogP contribution in [0.1, 0.15) is 18.6 Å². The van der Waals surface area contributed by atoms with Crippen LogP contribution in [0.2, 0.25) is 0 Å². The van der Waals surface area contributed by atoms with Gasteiger partial charge < -0.3 is 24.8 Å². The van der Waals surface area contributed by atoms with Gasteiger partial charge >= 0.3 is 5.97 Å². The van der Waals surface area contributed by atoms with Gasteiger partial charge in [0.1, 0.15) is 17.6 Å². The Hall–Kier alpha value is -1.79. The lowest BCUT2D eigenvalue weighted by Gasteiger charge is -2.18. The first kappa shape index (κ1) is 14.3. The van der Waals surface area contributed by atoms with Crippen molar-refractivity contribution < 1.29 is 29.6 Å². The number of aliphatic hydroxyl groups is 2. The molecule has 0 aromatic heterocycles. The fourth-order valence-corrected chi connectivity index (χ4v) is 1.43. The van der Waals surface area contributed by atoms with E-state index in [0.29, 0.717) is 5.75 Å². The molecule has 2 atom stereocenters. The van der Waals surface area contributed by atoms with E-state index in [-0.39, 0.29) is 17.9 Å². The van der Waals surface area contributed by atoms with Gasteiger partial charge in [0, 0.05) is 11.6 Å². The molecule has 3 N–H and O–H groups in total. The Morgan fingerprint density at radius 2 is 2.06 bits per heavy atom. The number of carbonyl (C=O) groups is 1. The lowest BCUT2D eigenvalue weighted by Crippen LogP contribution is -2.29. The van der Waals surface area contributed by atoms with Crippen molar-refractivity contribution in [2.75, 3.05) is 13.7 Å². The quantitative estimate of drug-likeness (QED) is 0.658. The predicted molar refractivity (Wildman–Crippen MR) is 62.3 cm³/mol. The molecule has 1 aromatic carbocycles. The summed E-state index contributed by atoms with van der Waals surface area (Å²) in [6.45, 7) is 1.68. The van der Waals surface area contributed by atoms with Crippen LogP contribution in [0.4, 0.5) is 0 Å². The summed E-state index contributed by atoms with van der Waals surface area (Å²) < 4.78 is 9.46. The van der Waals surface area contributed by atoms with E-state index in [1.807, 2.05) is 0 Å². The molecule has 2 unspecified atom stereocenters. The Morgan fingerprint density at radius 3 is 2.56 bits per heavy atom. The van der Waals surface area contributed by atoms with Crippen molar-refractivity contribution in [2.24, 2.45) is 0 Å². The Morgan fingerprint density at radius 1 is 1.39 bits per heavy atom. The molecular weight excluding hydrogens is 240 g/mol. The normalized spacial score (nSPS) is 13.8. The Bertz CT molecular complexity index is 417. The highest BCUT2D eigenvalue weighted by Gasteiger charge is 2.28. The summed E-state index contributed by atoms with van der Waals surface area (Å²) in [5, 5.41) is 29.0. The minimum absolute atomic E-state index is 0.0244. The van der Waals surface area contributed by atoms with Gasteiger partial charge in [-0.25, -0.2) is 4.79 Å². The summed E-state index contributed by atoms with van der Waals surface area (Å²) in [5.74, 6) is -0.820. The predicted octanol–water partition coefficient (Wildman–Crippen LogP) is 0.358. The zero-order valence-electron chi connectivity index (χ0n) is 10.2.